The van der Waals surface area contributed by atoms with Crippen molar-refractivity contribution >= 4 is 27.3 Å². The van der Waals surface area contributed by atoms with Gasteiger partial charge in [-0.05, 0) is 136 Å². The molecule has 6 unspecified atom stereocenters. The monoisotopic (exact) mass is 933 g/mol. The van der Waals surface area contributed by atoms with E-state index in [1.807, 2.05) is 82.3 Å². The van der Waals surface area contributed by atoms with Crippen LogP contribution in [0.2, 0.25) is 0 Å². The number of ether oxygens (including phenoxy) is 3. The fraction of sp³-hybridized carbons (Fsp3) is 0.444. The van der Waals surface area contributed by atoms with Gasteiger partial charge in [0.2, 0.25) is 21.7 Å². The van der Waals surface area contributed by atoms with E-state index in [0.717, 1.165) is 47.9 Å². The average molecular weight is 934 g/mol. The molecular formula is C54H67N3O9S. The number of rotatable bonds is 21. The first-order chi connectivity index (χ1) is 32.2. The predicted molar refractivity (Wildman–Crippen MR) is 263 cm³/mol. The molecule has 1 amide bonds. The lowest BCUT2D eigenvalue weighted by Gasteiger charge is -2.59. The maximum atomic E-state index is 15.3. The number of benzene rings is 4. The van der Waals surface area contributed by atoms with Crippen molar-refractivity contribution in [3.63, 3.8) is 0 Å². The molecule has 0 saturated heterocycles. The van der Waals surface area contributed by atoms with Crippen LogP contribution < -0.4 is 14.8 Å². The number of oxime groups is 1. The van der Waals surface area contributed by atoms with E-state index in [1.165, 1.54) is 23.4 Å². The summed E-state index contributed by atoms with van der Waals surface area (Å²) in [7, 11) is -4.26. The molecule has 1 heterocycles. The van der Waals surface area contributed by atoms with E-state index in [0.29, 0.717) is 47.9 Å². The number of amides is 1. The van der Waals surface area contributed by atoms with E-state index in [1.54, 1.807) is 18.2 Å². The Balaban J connectivity index is 1.43. The van der Waals surface area contributed by atoms with Crippen LogP contribution in [0.3, 0.4) is 0 Å². The number of hydrogen-bond donors (Lipinski definition) is 3. The van der Waals surface area contributed by atoms with Crippen LogP contribution in [-0.4, -0.2) is 78.4 Å². The number of nitrogens with one attached hydrogen (secondary N) is 1. The average Bonchev–Trinajstić information content (AvgIpc) is 3.31. The molecule has 67 heavy (non-hydrogen) atoms. The van der Waals surface area contributed by atoms with Gasteiger partial charge in [-0.15, -0.1) is 6.58 Å². The number of hydrogen-bond acceptors (Lipinski definition) is 10. The molecule has 4 aromatic carbocycles. The highest BCUT2D eigenvalue weighted by Gasteiger charge is 2.66. The zero-order chi connectivity index (χ0) is 47.8. The summed E-state index contributed by atoms with van der Waals surface area (Å²) >= 11 is 0. The summed E-state index contributed by atoms with van der Waals surface area (Å²) in [6, 6.07) is 29.3. The van der Waals surface area contributed by atoms with E-state index < -0.39 is 33.4 Å². The van der Waals surface area contributed by atoms with Gasteiger partial charge in [-0.1, -0.05) is 79.5 Å². The van der Waals surface area contributed by atoms with Gasteiger partial charge in [0.25, 0.3) is 0 Å². The SMILES string of the molecule is C=CCOC12Oc3ccc(Oc4ccc(-c5ccccc5)cc4)cc3C3C(CCCCO)C(CCCCO)C=C(C(=NOC(C)(C)C)CC1N(CCC)S(=O)(=O)c1ccc(NC(C)=O)cc1)C32. The molecule has 7 rings (SSSR count). The highest BCUT2D eigenvalue weighted by Crippen LogP contribution is 2.62. The lowest BCUT2D eigenvalue weighted by atomic mass is 9.55. The number of anilines is 1. The molecule has 6 atom stereocenters. The summed E-state index contributed by atoms with van der Waals surface area (Å²) in [6.07, 6.45) is 8.91. The fourth-order valence-corrected chi connectivity index (χ4v) is 11.8. The van der Waals surface area contributed by atoms with Gasteiger partial charge in [0, 0.05) is 50.3 Å². The molecule has 0 bridgehead atoms. The van der Waals surface area contributed by atoms with Crippen LogP contribution >= 0.6 is 0 Å². The minimum absolute atomic E-state index is 0.0187. The van der Waals surface area contributed by atoms with Crippen molar-refractivity contribution in [1.82, 2.24) is 4.31 Å². The topological polar surface area (TPSA) is 156 Å². The Labute approximate surface area is 396 Å². The largest absolute Gasteiger partial charge is 0.460 e. The highest BCUT2D eigenvalue weighted by atomic mass is 32.2. The van der Waals surface area contributed by atoms with Crippen molar-refractivity contribution in [3.8, 4) is 28.4 Å². The number of sulfonamides is 1. The van der Waals surface area contributed by atoms with Gasteiger partial charge in [-0.3, -0.25) is 4.79 Å². The quantitative estimate of drug-likeness (QED) is 0.0420. The molecule has 12 nitrogen and oxygen atoms in total. The Hall–Kier alpha value is -5.31. The van der Waals surface area contributed by atoms with Crippen LogP contribution in [0.5, 0.6) is 17.2 Å². The molecule has 3 aliphatic rings. The van der Waals surface area contributed by atoms with Gasteiger partial charge >= 0.3 is 0 Å². The van der Waals surface area contributed by atoms with Gasteiger partial charge in [-0.25, -0.2) is 8.42 Å². The maximum Gasteiger partial charge on any atom is 0.243 e. The van der Waals surface area contributed by atoms with Crippen LogP contribution in [0.15, 0.2) is 131 Å². The molecule has 2 aliphatic carbocycles. The number of aliphatic hydroxyl groups excluding tert-OH is 2. The summed E-state index contributed by atoms with van der Waals surface area (Å²) < 4.78 is 53.2. The van der Waals surface area contributed by atoms with Gasteiger partial charge in [0.15, 0.2) is 0 Å². The zero-order valence-electron chi connectivity index (χ0n) is 39.5. The number of carbonyl (C=O) groups is 1. The minimum Gasteiger partial charge on any atom is -0.460 e. The smallest absolute Gasteiger partial charge is 0.243 e. The van der Waals surface area contributed by atoms with Crippen LogP contribution in [0.4, 0.5) is 5.69 Å². The van der Waals surface area contributed by atoms with Gasteiger partial charge < -0.3 is 34.6 Å². The molecule has 1 saturated carbocycles. The molecule has 0 aromatic heterocycles. The second kappa shape index (κ2) is 21.8. The minimum atomic E-state index is -4.26. The number of carbonyl (C=O) groups excluding carboxylic acids is 1. The summed E-state index contributed by atoms with van der Waals surface area (Å²) in [5.74, 6) is -0.898. The van der Waals surface area contributed by atoms with Crippen molar-refractivity contribution in [2.24, 2.45) is 22.9 Å². The van der Waals surface area contributed by atoms with Crippen LogP contribution in [0.1, 0.15) is 97.5 Å². The number of unbranched alkanes of at least 4 members (excludes halogenated alkanes) is 2. The van der Waals surface area contributed by atoms with Gasteiger partial charge in [-0.2, -0.15) is 4.31 Å². The first-order valence-corrected chi connectivity index (χ1v) is 25.2. The van der Waals surface area contributed by atoms with Crippen LogP contribution in [-0.2, 0) is 24.4 Å². The molecule has 3 N–H and O–H groups in total. The third-order valence-corrected chi connectivity index (χ3v) is 14.8. The molecule has 1 fully saturated rings. The lowest BCUT2D eigenvalue weighted by Crippen LogP contribution is -2.70. The van der Waals surface area contributed by atoms with Crippen molar-refractivity contribution < 1.29 is 42.5 Å². The van der Waals surface area contributed by atoms with Gasteiger partial charge in [0.05, 0.1) is 29.2 Å². The first-order valence-electron chi connectivity index (χ1n) is 23.7. The first kappa shape index (κ1) is 49.6. The van der Waals surface area contributed by atoms with E-state index in [2.05, 4.69) is 36.2 Å². The van der Waals surface area contributed by atoms with Gasteiger partial charge in [0.1, 0.15) is 22.8 Å². The molecule has 0 spiro atoms. The molecule has 13 heteroatoms. The van der Waals surface area contributed by atoms with E-state index in [-0.39, 0.29) is 61.3 Å². The standard InChI is InChI=1S/C54H67N3O9S/c1-7-30-57(67(61,62)44-27-22-41(23-28-44)55-37(3)60)50-36-48(56-66-53(4,5)6)46-34-40(18-12-14-31-58)45(19-13-15-32-59)51-47-35-43(26-29-49(47)65-54(50,52(46)51)63-33-8-2)64-42-24-20-39(21-25-42)38-16-10-9-11-17-38/h8-11,16-17,20-29,34-35,40,45,50-52,58-59H,2,7,12-15,18-19,30-33,36H2,1,3-6H3,(H,55,60). The Bertz CT molecular complexity index is 2490. The molecule has 4 aromatic rings. The lowest BCUT2D eigenvalue weighted by molar-refractivity contribution is -0.251. The second-order valence-corrected chi connectivity index (χ2v) is 20.7. The third kappa shape index (κ3) is 11.2. The zero-order valence-corrected chi connectivity index (χ0v) is 40.3. The molecule has 1 aliphatic heterocycles. The number of aliphatic hydroxyl groups is 2. The van der Waals surface area contributed by atoms with Crippen molar-refractivity contribution in [1.29, 1.82) is 0 Å². The Morgan fingerprint density at radius 1 is 0.925 bits per heavy atom. The number of nitrogens with zero attached hydrogens (tertiary/aromatic N) is 2. The number of fused-ring (bicyclic) bond motifs is 2. The Morgan fingerprint density at radius 2 is 1.60 bits per heavy atom. The molecule has 0 radical (unpaired) electrons. The van der Waals surface area contributed by atoms with Crippen molar-refractivity contribution in [3.05, 3.63) is 127 Å². The normalized spacial score (nSPS) is 22.8. The fourth-order valence-electron chi connectivity index (χ4n) is 10.1. The number of allylic oxidation sites excluding steroid dienone is 1. The van der Waals surface area contributed by atoms with E-state index in [4.69, 9.17) is 24.2 Å². The van der Waals surface area contributed by atoms with Crippen molar-refractivity contribution in [2.75, 3.05) is 31.7 Å². The van der Waals surface area contributed by atoms with Crippen molar-refractivity contribution in [2.45, 2.75) is 114 Å². The summed E-state index contributed by atoms with van der Waals surface area (Å²) in [5.41, 5.74) is 4.39. The summed E-state index contributed by atoms with van der Waals surface area (Å²) in [4.78, 5) is 18.2. The van der Waals surface area contributed by atoms with Crippen LogP contribution in [0, 0.1) is 17.8 Å². The summed E-state index contributed by atoms with van der Waals surface area (Å²) in [5, 5.41) is 27.6. The van der Waals surface area contributed by atoms with Crippen LogP contribution in [0.25, 0.3) is 11.1 Å². The Morgan fingerprint density at radius 3 is 2.24 bits per heavy atom. The van der Waals surface area contributed by atoms with E-state index in [9.17, 15) is 15.0 Å². The maximum absolute atomic E-state index is 15.3. The Kier molecular flexibility index (Phi) is 16.1. The molecular weight excluding hydrogens is 867 g/mol. The highest BCUT2D eigenvalue weighted by molar-refractivity contribution is 7.89. The summed E-state index contributed by atoms with van der Waals surface area (Å²) in [6.45, 7) is 13.5. The van der Waals surface area contributed by atoms with E-state index >= 15 is 8.42 Å². The molecule has 358 valence electrons. The third-order valence-electron chi connectivity index (χ3n) is 12.8. The second-order valence-electron chi connectivity index (χ2n) is 18.8. The predicted octanol–water partition coefficient (Wildman–Crippen LogP) is 10.6.